The minimum Gasteiger partial charge on any atom is -0.305 e. The Kier molecular flexibility index (Phi) is 6.54. The van der Waals surface area contributed by atoms with Crippen molar-refractivity contribution in [2.75, 3.05) is 5.75 Å². The number of carbonyl (C=O) groups excluding carboxylic acids is 1. The van der Waals surface area contributed by atoms with E-state index < -0.39 is 4.92 Å². The van der Waals surface area contributed by atoms with Crippen LogP contribution in [0.5, 0.6) is 0 Å². The second-order valence-corrected chi connectivity index (χ2v) is 8.34. The molecule has 0 saturated heterocycles. The van der Waals surface area contributed by atoms with Gasteiger partial charge in [0.1, 0.15) is 0 Å². The molecule has 0 unspecified atom stereocenters. The highest BCUT2D eigenvalue weighted by Gasteiger charge is 2.13. The molecule has 0 spiro atoms. The van der Waals surface area contributed by atoms with Crippen molar-refractivity contribution in [2.45, 2.75) is 5.16 Å². The fourth-order valence-corrected chi connectivity index (χ4v) is 3.79. The number of thiophene rings is 1. The Morgan fingerprint density at radius 3 is 2.79 bits per heavy atom. The minimum atomic E-state index is -0.472. The van der Waals surface area contributed by atoms with Crippen molar-refractivity contribution in [3.63, 3.8) is 0 Å². The molecule has 0 aliphatic carbocycles. The van der Waals surface area contributed by atoms with Crippen molar-refractivity contribution in [1.82, 2.24) is 20.2 Å². The number of amides is 1. The Labute approximate surface area is 176 Å². The van der Waals surface area contributed by atoms with Gasteiger partial charge in [0.05, 0.1) is 21.8 Å². The summed E-state index contributed by atoms with van der Waals surface area (Å²) < 4.78 is 2.79. The topological polar surface area (TPSA) is 115 Å². The van der Waals surface area contributed by atoms with Crippen LogP contribution in [0.2, 0.25) is 0 Å². The molecule has 9 nitrogen and oxygen atoms in total. The van der Waals surface area contributed by atoms with Crippen LogP contribution in [0.4, 0.5) is 5.00 Å². The molecule has 12 heteroatoms. The summed E-state index contributed by atoms with van der Waals surface area (Å²) in [5.41, 5.74) is 3.31. The lowest BCUT2D eigenvalue weighted by atomic mass is 10.2. The lowest BCUT2D eigenvalue weighted by Crippen LogP contribution is -2.19. The van der Waals surface area contributed by atoms with Crippen LogP contribution in [-0.4, -0.2) is 37.6 Å². The van der Waals surface area contributed by atoms with Gasteiger partial charge in [-0.3, -0.25) is 14.9 Å². The molecule has 3 rings (SSSR count). The SMILES string of the molecule is Cn1c(SCC(=O)N/N=C/c2ccc([N+](=O)[O-])s2)nnc1-c1ccc(Br)cc1. The molecule has 1 N–H and O–H groups in total. The summed E-state index contributed by atoms with van der Waals surface area (Å²) >= 11 is 5.61. The predicted octanol–water partition coefficient (Wildman–Crippen LogP) is 3.46. The zero-order valence-electron chi connectivity index (χ0n) is 14.4. The lowest BCUT2D eigenvalue weighted by Gasteiger charge is -2.03. The van der Waals surface area contributed by atoms with Crippen LogP contribution in [0.1, 0.15) is 4.88 Å². The molecule has 3 aromatic rings. The average molecular weight is 481 g/mol. The van der Waals surface area contributed by atoms with E-state index >= 15 is 0 Å². The third-order valence-corrected chi connectivity index (χ3v) is 5.96. The fraction of sp³-hybridized carbons (Fsp3) is 0.125. The monoisotopic (exact) mass is 480 g/mol. The molecular formula is C16H13BrN6O3S2. The number of benzene rings is 1. The largest absolute Gasteiger partial charge is 0.324 e. The van der Waals surface area contributed by atoms with Crippen LogP contribution >= 0.6 is 39.0 Å². The highest BCUT2D eigenvalue weighted by Crippen LogP contribution is 2.24. The summed E-state index contributed by atoms with van der Waals surface area (Å²) in [4.78, 5) is 22.7. The fourth-order valence-electron chi connectivity index (χ4n) is 2.13. The van der Waals surface area contributed by atoms with Gasteiger partial charge in [0.2, 0.25) is 0 Å². The maximum absolute atomic E-state index is 11.9. The Balaban J connectivity index is 1.54. The van der Waals surface area contributed by atoms with Gasteiger partial charge in [-0.15, -0.1) is 10.2 Å². The summed E-state index contributed by atoms with van der Waals surface area (Å²) in [7, 11) is 1.83. The lowest BCUT2D eigenvalue weighted by molar-refractivity contribution is -0.380. The molecule has 1 aromatic carbocycles. The number of carbonyl (C=O) groups is 1. The van der Waals surface area contributed by atoms with Gasteiger partial charge < -0.3 is 4.57 Å². The summed E-state index contributed by atoms with van der Waals surface area (Å²) in [6, 6.07) is 10.7. The first-order valence-electron chi connectivity index (χ1n) is 7.78. The van der Waals surface area contributed by atoms with Crippen LogP contribution < -0.4 is 5.43 Å². The summed E-state index contributed by atoms with van der Waals surface area (Å²) in [6.45, 7) is 0. The standard InChI is InChI=1S/C16H13BrN6O3S2/c1-22-15(10-2-4-11(17)5-3-10)20-21-16(22)27-9-13(24)19-18-8-12-6-7-14(28-12)23(25)26/h2-8H,9H2,1H3,(H,19,24)/b18-8+. The highest BCUT2D eigenvalue weighted by atomic mass is 79.9. The van der Waals surface area contributed by atoms with E-state index in [1.165, 1.54) is 24.0 Å². The van der Waals surface area contributed by atoms with Crippen LogP contribution in [-0.2, 0) is 11.8 Å². The molecule has 28 heavy (non-hydrogen) atoms. The normalized spacial score (nSPS) is 11.1. The van der Waals surface area contributed by atoms with Crippen LogP contribution in [0, 0.1) is 10.1 Å². The number of aromatic nitrogens is 3. The summed E-state index contributed by atoms with van der Waals surface area (Å²) in [5.74, 6) is 0.488. The second kappa shape index (κ2) is 9.08. The Bertz CT molecular complexity index is 1030. The van der Waals surface area contributed by atoms with Gasteiger partial charge in [0, 0.05) is 23.2 Å². The predicted molar refractivity (Wildman–Crippen MR) is 112 cm³/mol. The van der Waals surface area contributed by atoms with Gasteiger partial charge in [-0.25, -0.2) is 5.43 Å². The summed E-state index contributed by atoms with van der Waals surface area (Å²) in [6.07, 6.45) is 1.37. The molecule has 0 aliphatic rings. The molecular weight excluding hydrogens is 468 g/mol. The molecule has 0 fully saturated rings. The van der Waals surface area contributed by atoms with Crippen molar-refractivity contribution >= 4 is 56.2 Å². The number of hydrogen-bond donors (Lipinski definition) is 1. The zero-order valence-corrected chi connectivity index (χ0v) is 17.6. The number of thioether (sulfide) groups is 1. The maximum atomic E-state index is 11.9. The molecule has 0 radical (unpaired) electrons. The number of rotatable bonds is 7. The van der Waals surface area contributed by atoms with Gasteiger partial charge in [-0.05, 0) is 18.2 Å². The van der Waals surface area contributed by atoms with Crippen molar-refractivity contribution < 1.29 is 9.72 Å². The number of hydrazone groups is 1. The molecule has 2 heterocycles. The van der Waals surface area contributed by atoms with Gasteiger partial charge in [-0.1, -0.05) is 51.2 Å². The summed E-state index contributed by atoms with van der Waals surface area (Å²) in [5, 5.41) is 23.4. The molecule has 144 valence electrons. The molecule has 1 amide bonds. The van der Waals surface area contributed by atoms with Crippen molar-refractivity contribution in [3.05, 3.63) is 55.9 Å². The molecule has 2 aromatic heterocycles. The molecule has 0 atom stereocenters. The van der Waals surface area contributed by atoms with Gasteiger partial charge in [0.15, 0.2) is 11.0 Å². The van der Waals surface area contributed by atoms with Gasteiger partial charge in [0.25, 0.3) is 5.91 Å². The van der Waals surface area contributed by atoms with Crippen molar-refractivity contribution in [2.24, 2.45) is 12.1 Å². The highest BCUT2D eigenvalue weighted by molar-refractivity contribution is 9.10. The number of nitrogens with zero attached hydrogens (tertiary/aromatic N) is 5. The number of hydrogen-bond acceptors (Lipinski definition) is 8. The number of nitro groups is 1. The van der Waals surface area contributed by atoms with E-state index in [1.807, 2.05) is 35.9 Å². The van der Waals surface area contributed by atoms with E-state index in [1.54, 1.807) is 6.07 Å². The first-order chi connectivity index (χ1) is 13.4. The van der Waals surface area contributed by atoms with Crippen molar-refractivity contribution in [3.8, 4) is 11.4 Å². The second-order valence-electron chi connectivity index (χ2n) is 5.39. The third-order valence-electron chi connectivity index (χ3n) is 3.44. The minimum absolute atomic E-state index is 0.0205. The average Bonchev–Trinajstić information content (AvgIpc) is 3.28. The quantitative estimate of drug-likeness (QED) is 0.239. The van der Waals surface area contributed by atoms with E-state index in [9.17, 15) is 14.9 Å². The number of nitrogens with one attached hydrogen (secondary N) is 1. The van der Waals surface area contributed by atoms with Gasteiger partial charge >= 0.3 is 5.00 Å². The Hall–Kier alpha value is -2.57. The Morgan fingerprint density at radius 2 is 2.11 bits per heavy atom. The first kappa shape index (κ1) is 20.2. The smallest absolute Gasteiger partial charge is 0.305 e. The van der Waals surface area contributed by atoms with E-state index in [0.29, 0.717) is 15.9 Å². The Morgan fingerprint density at radius 1 is 1.36 bits per heavy atom. The van der Waals surface area contributed by atoms with Crippen LogP contribution in [0.3, 0.4) is 0 Å². The van der Waals surface area contributed by atoms with E-state index in [0.717, 1.165) is 21.4 Å². The zero-order chi connectivity index (χ0) is 20.1. The van der Waals surface area contributed by atoms with E-state index in [2.05, 4.69) is 36.7 Å². The van der Waals surface area contributed by atoms with Crippen LogP contribution in [0.15, 0.2) is 51.1 Å². The number of halogens is 1. The third kappa shape index (κ3) is 5.03. The van der Waals surface area contributed by atoms with Crippen LogP contribution in [0.25, 0.3) is 11.4 Å². The molecule has 0 saturated carbocycles. The molecule has 0 aliphatic heterocycles. The van der Waals surface area contributed by atoms with E-state index in [-0.39, 0.29) is 16.7 Å². The van der Waals surface area contributed by atoms with Crippen molar-refractivity contribution in [1.29, 1.82) is 0 Å². The molecule has 0 bridgehead atoms. The first-order valence-corrected chi connectivity index (χ1v) is 10.4. The van der Waals surface area contributed by atoms with E-state index in [4.69, 9.17) is 0 Å². The maximum Gasteiger partial charge on any atom is 0.324 e. The van der Waals surface area contributed by atoms with Gasteiger partial charge in [-0.2, -0.15) is 5.10 Å².